The van der Waals surface area contributed by atoms with Crippen LogP contribution in [-0.4, -0.2) is 29.1 Å². The van der Waals surface area contributed by atoms with Crippen molar-refractivity contribution in [3.8, 4) is 0 Å². The van der Waals surface area contributed by atoms with Gasteiger partial charge in [-0.25, -0.2) is 9.97 Å². The van der Waals surface area contributed by atoms with Crippen molar-refractivity contribution in [2.75, 3.05) is 23.3 Å². The van der Waals surface area contributed by atoms with Crippen LogP contribution in [-0.2, 0) is 0 Å². The minimum atomic E-state index is 0.643. The molecule has 1 aliphatic heterocycles. The average molecular weight is 260 g/mol. The topological polar surface area (TPSA) is 41.0 Å². The van der Waals surface area contributed by atoms with Crippen LogP contribution in [0.25, 0.3) is 0 Å². The fraction of sp³-hybridized carbons (Fsp3) is 0.733. The number of aromatic nitrogens is 2. The maximum absolute atomic E-state index is 4.42. The molecule has 4 nitrogen and oxygen atoms in total. The molecule has 2 fully saturated rings. The van der Waals surface area contributed by atoms with E-state index in [1.807, 2.05) is 0 Å². The smallest absolute Gasteiger partial charge is 0.134 e. The van der Waals surface area contributed by atoms with Crippen molar-refractivity contribution >= 4 is 11.6 Å². The largest absolute Gasteiger partial charge is 0.367 e. The lowest BCUT2D eigenvalue weighted by atomic mass is 10.1. The van der Waals surface area contributed by atoms with Gasteiger partial charge in [-0.15, -0.1) is 0 Å². The van der Waals surface area contributed by atoms with E-state index in [2.05, 4.69) is 33.2 Å². The predicted molar refractivity (Wildman–Crippen MR) is 78.5 cm³/mol. The molecule has 2 aliphatic rings. The van der Waals surface area contributed by atoms with Crippen molar-refractivity contribution in [3.63, 3.8) is 0 Å². The summed E-state index contributed by atoms with van der Waals surface area (Å²) in [6.07, 6.45) is 9.54. The van der Waals surface area contributed by atoms with Gasteiger partial charge in [0.2, 0.25) is 0 Å². The molecule has 1 aromatic heterocycles. The number of anilines is 2. The summed E-state index contributed by atoms with van der Waals surface area (Å²) < 4.78 is 0. The zero-order chi connectivity index (χ0) is 13.1. The molecule has 1 aliphatic carbocycles. The predicted octanol–water partition coefficient (Wildman–Crippen LogP) is 3.07. The van der Waals surface area contributed by atoms with E-state index >= 15 is 0 Å². The Morgan fingerprint density at radius 3 is 2.89 bits per heavy atom. The highest BCUT2D eigenvalue weighted by Crippen LogP contribution is 2.37. The molecule has 0 bridgehead atoms. The number of hydrogen-bond acceptors (Lipinski definition) is 4. The number of hydrogen-bond donors (Lipinski definition) is 1. The Labute approximate surface area is 115 Å². The minimum Gasteiger partial charge on any atom is -0.367 e. The molecule has 3 rings (SSSR count). The van der Waals surface area contributed by atoms with E-state index in [9.17, 15) is 0 Å². The Hall–Kier alpha value is -1.32. The van der Waals surface area contributed by atoms with Gasteiger partial charge in [0.15, 0.2) is 0 Å². The first kappa shape index (κ1) is 12.7. The Kier molecular flexibility index (Phi) is 3.85. The SMILES string of the molecule is CCCC1CC1Nc1cc(N2CCCCC2)ncn1. The summed E-state index contributed by atoms with van der Waals surface area (Å²) in [5.74, 6) is 2.95. The maximum Gasteiger partial charge on any atom is 0.134 e. The first-order valence-corrected chi connectivity index (χ1v) is 7.70. The zero-order valence-electron chi connectivity index (χ0n) is 11.8. The van der Waals surface area contributed by atoms with Crippen molar-refractivity contribution in [3.05, 3.63) is 12.4 Å². The fourth-order valence-electron chi connectivity index (χ4n) is 3.03. The molecule has 1 saturated heterocycles. The van der Waals surface area contributed by atoms with Crippen molar-refractivity contribution in [1.29, 1.82) is 0 Å². The Balaban J connectivity index is 1.60. The molecule has 1 N–H and O–H groups in total. The lowest BCUT2D eigenvalue weighted by Gasteiger charge is -2.27. The third-order valence-corrected chi connectivity index (χ3v) is 4.25. The van der Waals surface area contributed by atoms with E-state index in [0.29, 0.717) is 6.04 Å². The summed E-state index contributed by atoms with van der Waals surface area (Å²) in [4.78, 5) is 11.2. The third kappa shape index (κ3) is 3.17. The van der Waals surface area contributed by atoms with Crippen LogP contribution in [0.5, 0.6) is 0 Å². The minimum absolute atomic E-state index is 0.643. The van der Waals surface area contributed by atoms with Gasteiger partial charge >= 0.3 is 0 Å². The summed E-state index contributed by atoms with van der Waals surface area (Å²) in [6, 6.07) is 2.76. The van der Waals surface area contributed by atoms with E-state index in [4.69, 9.17) is 0 Å². The quantitative estimate of drug-likeness (QED) is 0.883. The van der Waals surface area contributed by atoms with Gasteiger partial charge in [0, 0.05) is 25.2 Å². The lowest BCUT2D eigenvalue weighted by Crippen LogP contribution is -2.30. The van der Waals surface area contributed by atoms with Gasteiger partial charge < -0.3 is 10.2 Å². The van der Waals surface area contributed by atoms with Crippen LogP contribution >= 0.6 is 0 Å². The Morgan fingerprint density at radius 2 is 2.11 bits per heavy atom. The van der Waals surface area contributed by atoms with E-state index in [1.165, 1.54) is 38.5 Å². The summed E-state index contributed by atoms with van der Waals surface area (Å²) in [7, 11) is 0. The van der Waals surface area contributed by atoms with Crippen LogP contribution in [0.3, 0.4) is 0 Å². The Morgan fingerprint density at radius 1 is 1.26 bits per heavy atom. The maximum atomic E-state index is 4.42. The standard InChI is InChI=1S/C15H24N4/c1-2-6-12-9-13(12)18-14-10-15(17-11-16-14)19-7-4-3-5-8-19/h10-13H,2-9H2,1H3,(H,16,17,18). The molecule has 0 radical (unpaired) electrons. The summed E-state index contributed by atoms with van der Waals surface area (Å²) >= 11 is 0. The molecule has 0 aromatic carbocycles. The second kappa shape index (κ2) is 5.76. The van der Waals surface area contributed by atoms with Crippen molar-refractivity contribution < 1.29 is 0 Å². The second-order valence-electron chi connectivity index (χ2n) is 5.84. The van der Waals surface area contributed by atoms with Crippen LogP contribution in [0.2, 0.25) is 0 Å². The highest BCUT2D eigenvalue weighted by Gasteiger charge is 2.36. The number of nitrogens with zero attached hydrogens (tertiary/aromatic N) is 3. The molecular weight excluding hydrogens is 236 g/mol. The summed E-state index contributed by atoms with van der Waals surface area (Å²) in [6.45, 7) is 4.53. The van der Waals surface area contributed by atoms with Crippen molar-refractivity contribution in [2.24, 2.45) is 5.92 Å². The molecule has 4 heteroatoms. The number of rotatable bonds is 5. The molecule has 104 valence electrons. The lowest BCUT2D eigenvalue weighted by molar-refractivity contribution is 0.573. The molecule has 1 aromatic rings. The molecule has 1 saturated carbocycles. The third-order valence-electron chi connectivity index (χ3n) is 4.25. The highest BCUT2D eigenvalue weighted by molar-refractivity contribution is 5.49. The van der Waals surface area contributed by atoms with E-state index in [-0.39, 0.29) is 0 Å². The van der Waals surface area contributed by atoms with Gasteiger partial charge in [0.1, 0.15) is 18.0 Å². The molecular formula is C15H24N4. The van der Waals surface area contributed by atoms with Crippen LogP contribution in [0.15, 0.2) is 12.4 Å². The first-order valence-electron chi connectivity index (χ1n) is 7.70. The normalized spacial score (nSPS) is 26.3. The Bertz CT molecular complexity index is 414. The fourth-order valence-corrected chi connectivity index (χ4v) is 3.03. The zero-order valence-corrected chi connectivity index (χ0v) is 11.8. The monoisotopic (exact) mass is 260 g/mol. The van der Waals surface area contributed by atoms with Gasteiger partial charge in [0.25, 0.3) is 0 Å². The molecule has 2 unspecified atom stereocenters. The number of nitrogens with one attached hydrogen (secondary N) is 1. The van der Waals surface area contributed by atoms with Crippen LogP contribution in [0.4, 0.5) is 11.6 Å². The van der Waals surface area contributed by atoms with Crippen LogP contribution in [0, 0.1) is 5.92 Å². The van der Waals surface area contributed by atoms with E-state index in [0.717, 1.165) is 30.6 Å². The van der Waals surface area contributed by atoms with Gasteiger partial charge in [-0.2, -0.15) is 0 Å². The molecule has 2 heterocycles. The molecule has 0 spiro atoms. The van der Waals surface area contributed by atoms with Crippen LogP contribution < -0.4 is 10.2 Å². The van der Waals surface area contributed by atoms with Crippen molar-refractivity contribution in [2.45, 2.75) is 51.5 Å². The van der Waals surface area contributed by atoms with Crippen molar-refractivity contribution in [1.82, 2.24) is 9.97 Å². The molecule has 2 atom stereocenters. The second-order valence-corrected chi connectivity index (χ2v) is 5.84. The van der Waals surface area contributed by atoms with Gasteiger partial charge in [-0.3, -0.25) is 0 Å². The molecule has 19 heavy (non-hydrogen) atoms. The molecule has 0 amide bonds. The average Bonchev–Trinajstić information content (AvgIpc) is 3.18. The van der Waals surface area contributed by atoms with Crippen LogP contribution in [0.1, 0.15) is 45.4 Å². The van der Waals surface area contributed by atoms with Gasteiger partial charge in [0.05, 0.1) is 0 Å². The first-order chi connectivity index (χ1) is 9.36. The van der Waals surface area contributed by atoms with E-state index < -0.39 is 0 Å². The number of piperidine rings is 1. The highest BCUT2D eigenvalue weighted by atomic mass is 15.2. The summed E-state index contributed by atoms with van der Waals surface area (Å²) in [5, 5.41) is 3.55. The summed E-state index contributed by atoms with van der Waals surface area (Å²) in [5.41, 5.74) is 0. The van der Waals surface area contributed by atoms with Gasteiger partial charge in [-0.05, 0) is 38.0 Å². The van der Waals surface area contributed by atoms with E-state index in [1.54, 1.807) is 6.33 Å². The van der Waals surface area contributed by atoms with Gasteiger partial charge in [-0.1, -0.05) is 13.3 Å².